The monoisotopic (exact) mass is 224 g/mol. The van der Waals surface area contributed by atoms with Crippen molar-refractivity contribution in [3.63, 3.8) is 0 Å². The number of fused-ring (bicyclic) bond motifs is 1. The van der Waals surface area contributed by atoms with E-state index < -0.39 is 0 Å². The summed E-state index contributed by atoms with van der Waals surface area (Å²) in [6.07, 6.45) is 2.31. The van der Waals surface area contributed by atoms with Gasteiger partial charge < -0.3 is 14.9 Å². The molecule has 1 aliphatic carbocycles. The van der Waals surface area contributed by atoms with Gasteiger partial charge in [-0.2, -0.15) is 0 Å². The molecule has 2 saturated heterocycles. The van der Waals surface area contributed by atoms with Crippen molar-refractivity contribution in [1.82, 2.24) is 9.80 Å². The van der Waals surface area contributed by atoms with Gasteiger partial charge in [-0.1, -0.05) is 0 Å². The van der Waals surface area contributed by atoms with Crippen LogP contribution < -0.4 is 0 Å². The molecule has 0 aromatic heterocycles. The third-order valence-electron chi connectivity index (χ3n) is 4.48. The number of carbonyl (C=O) groups is 1. The molecule has 16 heavy (non-hydrogen) atoms. The van der Waals surface area contributed by atoms with E-state index in [9.17, 15) is 9.90 Å². The summed E-state index contributed by atoms with van der Waals surface area (Å²) >= 11 is 0. The molecule has 2 aliphatic heterocycles. The van der Waals surface area contributed by atoms with Crippen molar-refractivity contribution >= 4 is 5.91 Å². The highest BCUT2D eigenvalue weighted by atomic mass is 16.3. The maximum Gasteiger partial charge on any atom is 0.226 e. The predicted octanol–water partition coefficient (Wildman–Crippen LogP) is -0.0802. The van der Waals surface area contributed by atoms with Crippen molar-refractivity contribution < 1.29 is 9.90 Å². The summed E-state index contributed by atoms with van der Waals surface area (Å²) in [6.45, 7) is 3.11. The Kier molecular flexibility index (Phi) is 2.44. The maximum absolute atomic E-state index is 12.2. The molecule has 1 amide bonds. The van der Waals surface area contributed by atoms with E-state index in [4.69, 9.17) is 0 Å². The van der Waals surface area contributed by atoms with Gasteiger partial charge in [0.05, 0.1) is 6.10 Å². The Morgan fingerprint density at radius 3 is 2.75 bits per heavy atom. The van der Waals surface area contributed by atoms with Gasteiger partial charge in [0.15, 0.2) is 0 Å². The number of likely N-dealkylation sites (tertiary alicyclic amines) is 2. The lowest BCUT2D eigenvalue weighted by Crippen LogP contribution is -2.47. The topological polar surface area (TPSA) is 43.8 Å². The van der Waals surface area contributed by atoms with E-state index in [1.165, 1.54) is 0 Å². The lowest BCUT2D eigenvalue weighted by molar-refractivity contribution is -0.143. The minimum absolute atomic E-state index is 0.111. The summed E-state index contributed by atoms with van der Waals surface area (Å²) in [5.41, 5.74) is 0. The zero-order chi connectivity index (χ0) is 11.3. The second-order valence-corrected chi connectivity index (χ2v) is 5.69. The lowest BCUT2D eigenvalue weighted by Gasteiger charge is -2.35. The SMILES string of the molecule is CN1C[C@@H]2CCN(C(=O)C3CC(O)C3)[C@@H]2C1. The second kappa shape index (κ2) is 3.70. The van der Waals surface area contributed by atoms with Gasteiger partial charge in [-0.05, 0) is 32.2 Å². The molecule has 90 valence electrons. The molecule has 0 spiro atoms. The average molecular weight is 224 g/mol. The van der Waals surface area contributed by atoms with Crippen molar-refractivity contribution in [3.8, 4) is 0 Å². The molecule has 2 heterocycles. The number of hydrogen-bond acceptors (Lipinski definition) is 3. The van der Waals surface area contributed by atoms with Gasteiger partial charge in [0.1, 0.15) is 0 Å². The van der Waals surface area contributed by atoms with Crippen LogP contribution in [-0.4, -0.2) is 59.6 Å². The lowest BCUT2D eigenvalue weighted by atomic mass is 9.81. The summed E-state index contributed by atoms with van der Waals surface area (Å²) < 4.78 is 0. The molecular formula is C12H20N2O2. The first-order valence-corrected chi connectivity index (χ1v) is 6.32. The van der Waals surface area contributed by atoms with E-state index in [-0.39, 0.29) is 12.0 Å². The highest BCUT2D eigenvalue weighted by Crippen LogP contribution is 2.35. The standard InChI is InChI=1S/C12H20N2O2/c1-13-6-8-2-3-14(11(8)7-13)12(16)9-4-10(15)5-9/h8-11,15H,2-7H2,1H3/t8-,9?,10?,11+/m0/s1. The number of aliphatic hydroxyl groups is 1. The fourth-order valence-electron chi connectivity index (χ4n) is 3.47. The number of amides is 1. The number of carbonyl (C=O) groups excluding carboxylic acids is 1. The first-order chi connectivity index (χ1) is 7.65. The van der Waals surface area contributed by atoms with Gasteiger partial charge in [0.2, 0.25) is 5.91 Å². The van der Waals surface area contributed by atoms with E-state index in [0.717, 1.165) is 26.1 Å². The van der Waals surface area contributed by atoms with Crippen LogP contribution in [0.15, 0.2) is 0 Å². The summed E-state index contributed by atoms with van der Waals surface area (Å²) in [7, 11) is 2.13. The third-order valence-corrected chi connectivity index (χ3v) is 4.48. The summed E-state index contributed by atoms with van der Waals surface area (Å²) in [5.74, 6) is 1.10. The molecule has 0 aromatic carbocycles. The molecule has 0 unspecified atom stereocenters. The fourth-order valence-corrected chi connectivity index (χ4v) is 3.47. The van der Waals surface area contributed by atoms with E-state index in [1.54, 1.807) is 0 Å². The molecule has 1 N–H and O–H groups in total. The van der Waals surface area contributed by atoms with Crippen LogP contribution in [0.5, 0.6) is 0 Å². The number of nitrogens with zero attached hydrogens (tertiary/aromatic N) is 2. The van der Waals surface area contributed by atoms with E-state index in [2.05, 4.69) is 16.8 Å². The molecule has 1 saturated carbocycles. The first kappa shape index (κ1) is 10.5. The van der Waals surface area contributed by atoms with Crippen molar-refractivity contribution in [3.05, 3.63) is 0 Å². The quantitative estimate of drug-likeness (QED) is 0.677. The second-order valence-electron chi connectivity index (χ2n) is 5.69. The number of rotatable bonds is 1. The molecule has 3 rings (SSSR count). The summed E-state index contributed by atoms with van der Waals surface area (Å²) in [4.78, 5) is 16.6. The fraction of sp³-hybridized carbons (Fsp3) is 0.917. The largest absolute Gasteiger partial charge is 0.393 e. The zero-order valence-corrected chi connectivity index (χ0v) is 9.80. The summed E-state index contributed by atoms with van der Waals surface area (Å²) in [5, 5.41) is 9.26. The molecule has 3 aliphatic rings. The van der Waals surface area contributed by atoms with Crippen LogP contribution in [0.3, 0.4) is 0 Å². The van der Waals surface area contributed by atoms with Crippen LogP contribution in [0.25, 0.3) is 0 Å². The maximum atomic E-state index is 12.2. The van der Waals surface area contributed by atoms with Crippen LogP contribution in [0.4, 0.5) is 0 Å². The van der Waals surface area contributed by atoms with Gasteiger partial charge in [-0.3, -0.25) is 4.79 Å². The Labute approximate surface area is 96.2 Å². The Hall–Kier alpha value is -0.610. The van der Waals surface area contributed by atoms with Crippen molar-refractivity contribution in [2.75, 3.05) is 26.7 Å². The molecule has 0 bridgehead atoms. The van der Waals surface area contributed by atoms with E-state index >= 15 is 0 Å². The van der Waals surface area contributed by atoms with Crippen molar-refractivity contribution in [1.29, 1.82) is 0 Å². The Morgan fingerprint density at radius 1 is 1.31 bits per heavy atom. The average Bonchev–Trinajstić information content (AvgIpc) is 2.70. The smallest absolute Gasteiger partial charge is 0.226 e. The highest BCUT2D eigenvalue weighted by molar-refractivity contribution is 5.80. The normalized spacial score (nSPS) is 43.2. The Balaban J connectivity index is 1.65. The predicted molar refractivity (Wildman–Crippen MR) is 59.8 cm³/mol. The van der Waals surface area contributed by atoms with Crippen molar-refractivity contribution in [2.45, 2.75) is 31.4 Å². The van der Waals surface area contributed by atoms with Crippen LogP contribution in [0, 0.1) is 11.8 Å². The first-order valence-electron chi connectivity index (χ1n) is 6.32. The number of aliphatic hydroxyl groups excluding tert-OH is 1. The molecule has 3 fully saturated rings. The Bertz CT molecular complexity index is 301. The Morgan fingerprint density at radius 2 is 2.06 bits per heavy atom. The van der Waals surface area contributed by atoms with Crippen LogP contribution >= 0.6 is 0 Å². The number of hydrogen-bond donors (Lipinski definition) is 1. The molecule has 4 heteroatoms. The van der Waals surface area contributed by atoms with Crippen LogP contribution in [-0.2, 0) is 4.79 Å². The molecule has 0 radical (unpaired) electrons. The molecule has 4 nitrogen and oxygen atoms in total. The van der Waals surface area contributed by atoms with Gasteiger partial charge in [0.25, 0.3) is 0 Å². The number of likely N-dealkylation sites (N-methyl/N-ethyl adjacent to an activating group) is 1. The van der Waals surface area contributed by atoms with Gasteiger partial charge in [0, 0.05) is 31.6 Å². The molecule has 0 aromatic rings. The van der Waals surface area contributed by atoms with Gasteiger partial charge in [-0.15, -0.1) is 0 Å². The van der Waals surface area contributed by atoms with Crippen LogP contribution in [0.2, 0.25) is 0 Å². The minimum atomic E-state index is -0.224. The summed E-state index contributed by atoms with van der Waals surface area (Å²) in [6, 6.07) is 0.454. The van der Waals surface area contributed by atoms with E-state index in [0.29, 0.717) is 30.7 Å². The van der Waals surface area contributed by atoms with Gasteiger partial charge >= 0.3 is 0 Å². The van der Waals surface area contributed by atoms with E-state index in [1.807, 2.05) is 0 Å². The third kappa shape index (κ3) is 1.55. The zero-order valence-electron chi connectivity index (χ0n) is 9.80. The molecular weight excluding hydrogens is 204 g/mol. The van der Waals surface area contributed by atoms with Gasteiger partial charge in [-0.25, -0.2) is 0 Å². The highest BCUT2D eigenvalue weighted by Gasteiger charge is 2.45. The minimum Gasteiger partial charge on any atom is -0.393 e. The van der Waals surface area contributed by atoms with Crippen LogP contribution in [0.1, 0.15) is 19.3 Å². The van der Waals surface area contributed by atoms with Crippen molar-refractivity contribution in [2.24, 2.45) is 11.8 Å². The molecule has 2 atom stereocenters.